The van der Waals surface area contributed by atoms with Crippen LogP contribution >= 0.6 is 0 Å². The molecule has 22 heavy (non-hydrogen) atoms. The zero-order valence-electron chi connectivity index (χ0n) is 12.2. The molecule has 0 aliphatic heterocycles. The Morgan fingerprint density at radius 1 is 1.32 bits per heavy atom. The Balaban J connectivity index is 1.62. The van der Waals surface area contributed by atoms with Crippen molar-refractivity contribution in [3.8, 4) is 11.3 Å². The van der Waals surface area contributed by atoms with Crippen LogP contribution in [0.5, 0.6) is 0 Å². The standard InChI is InChI=1S/C16H18N4O2/c21-15(18-13-5-6-13)4-2-10-20-16(22)8-7-14(19-20)12-3-1-9-17-11-12/h1,3,7-9,11,13H,2,4-6,10H2,(H,18,21). The molecule has 1 aliphatic carbocycles. The van der Waals surface area contributed by atoms with E-state index in [1.54, 1.807) is 18.5 Å². The number of pyridine rings is 1. The maximum atomic E-state index is 11.9. The Hall–Kier alpha value is -2.50. The van der Waals surface area contributed by atoms with Gasteiger partial charge in [0.15, 0.2) is 0 Å². The number of hydrogen-bond acceptors (Lipinski definition) is 4. The smallest absolute Gasteiger partial charge is 0.266 e. The summed E-state index contributed by atoms with van der Waals surface area (Å²) in [6, 6.07) is 7.29. The number of nitrogens with one attached hydrogen (secondary N) is 1. The minimum atomic E-state index is -0.157. The molecule has 0 saturated heterocycles. The Morgan fingerprint density at radius 3 is 2.91 bits per heavy atom. The maximum absolute atomic E-state index is 11.9. The van der Waals surface area contributed by atoms with Crippen LogP contribution in [0.4, 0.5) is 0 Å². The summed E-state index contributed by atoms with van der Waals surface area (Å²) in [6.07, 6.45) is 6.59. The SMILES string of the molecule is O=C(CCCn1nc(-c2cccnc2)ccc1=O)NC1CC1. The predicted molar refractivity (Wildman–Crippen MR) is 82.1 cm³/mol. The molecule has 0 bridgehead atoms. The van der Waals surface area contributed by atoms with Gasteiger partial charge in [-0.2, -0.15) is 5.10 Å². The first kappa shape index (κ1) is 14.4. The van der Waals surface area contributed by atoms with E-state index in [0.717, 1.165) is 18.4 Å². The summed E-state index contributed by atoms with van der Waals surface area (Å²) in [7, 11) is 0. The molecule has 2 aromatic heterocycles. The maximum Gasteiger partial charge on any atom is 0.266 e. The fourth-order valence-electron chi connectivity index (χ4n) is 2.19. The molecule has 1 saturated carbocycles. The highest BCUT2D eigenvalue weighted by Crippen LogP contribution is 2.18. The number of amides is 1. The Kier molecular flexibility index (Phi) is 4.27. The minimum Gasteiger partial charge on any atom is -0.353 e. The normalized spacial score (nSPS) is 13.8. The molecule has 0 atom stereocenters. The van der Waals surface area contributed by atoms with E-state index < -0.39 is 0 Å². The second-order valence-electron chi connectivity index (χ2n) is 5.47. The molecule has 0 spiro atoms. The van der Waals surface area contributed by atoms with Gasteiger partial charge in [0, 0.05) is 43.0 Å². The van der Waals surface area contributed by atoms with Crippen molar-refractivity contribution in [2.24, 2.45) is 0 Å². The van der Waals surface area contributed by atoms with Gasteiger partial charge < -0.3 is 5.32 Å². The third kappa shape index (κ3) is 3.78. The van der Waals surface area contributed by atoms with Crippen LogP contribution < -0.4 is 10.9 Å². The topological polar surface area (TPSA) is 76.9 Å². The van der Waals surface area contributed by atoms with Gasteiger partial charge in [-0.15, -0.1) is 0 Å². The van der Waals surface area contributed by atoms with E-state index in [1.807, 2.05) is 12.1 Å². The van der Waals surface area contributed by atoms with Crippen LogP contribution in [0.25, 0.3) is 11.3 Å². The minimum absolute atomic E-state index is 0.0546. The van der Waals surface area contributed by atoms with E-state index >= 15 is 0 Å². The second kappa shape index (κ2) is 6.51. The molecule has 1 amide bonds. The first-order valence-electron chi connectivity index (χ1n) is 7.50. The van der Waals surface area contributed by atoms with Crippen molar-refractivity contribution in [1.29, 1.82) is 0 Å². The van der Waals surface area contributed by atoms with Crippen LogP contribution in [0, 0.1) is 0 Å². The lowest BCUT2D eigenvalue weighted by atomic mass is 10.2. The summed E-state index contributed by atoms with van der Waals surface area (Å²) in [5, 5.41) is 7.28. The molecule has 0 aromatic carbocycles. The lowest BCUT2D eigenvalue weighted by Crippen LogP contribution is -2.27. The predicted octanol–water partition coefficient (Wildman–Crippen LogP) is 1.36. The van der Waals surface area contributed by atoms with Crippen LogP contribution in [0.3, 0.4) is 0 Å². The summed E-state index contributed by atoms with van der Waals surface area (Å²) in [5.41, 5.74) is 1.41. The third-order valence-electron chi connectivity index (χ3n) is 3.54. The van der Waals surface area contributed by atoms with Crippen molar-refractivity contribution in [3.05, 3.63) is 47.0 Å². The summed E-state index contributed by atoms with van der Waals surface area (Å²) in [6.45, 7) is 0.436. The molecule has 6 heteroatoms. The van der Waals surface area contributed by atoms with Gasteiger partial charge in [0.1, 0.15) is 0 Å². The molecule has 2 heterocycles. The molecule has 6 nitrogen and oxygen atoms in total. The summed E-state index contributed by atoms with van der Waals surface area (Å²) in [4.78, 5) is 27.5. The van der Waals surface area contributed by atoms with Crippen molar-refractivity contribution in [2.45, 2.75) is 38.3 Å². The Bertz CT molecular complexity index is 708. The fourth-order valence-corrected chi connectivity index (χ4v) is 2.19. The largest absolute Gasteiger partial charge is 0.353 e. The summed E-state index contributed by atoms with van der Waals surface area (Å²) < 4.78 is 1.41. The molecule has 0 radical (unpaired) electrons. The number of aryl methyl sites for hydroxylation is 1. The van der Waals surface area contributed by atoms with E-state index in [2.05, 4.69) is 15.4 Å². The Morgan fingerprint density at radius 2 is 2.18 bits per heavy atom. The van der Waals surface area contributed by atoms with E-state index in [0.29, 0.717) is 31.1 Å². The lowest BCUT2D eigenvalue weighted by molar-refractivity contribution is -0.121. The first-order chi connectivity index (χ1) is 10.7. The highest BCUT2D eigenvalue weighted by atomic mass is 16.1. The van der Waals surface area contributed by atoms with Crippen molar-refractivity contribution >= 4 is 5.91 Å². The number of carbonyl (C=O) groups excluding carboxylic acids is 1. The summed E-state index contributed by atoms with van der Waals surface area (Å²) in [5.74, 6) is 0.0546. The van der Waals surface area contributed by atoms with E-state index in [9.17, 15) is 9.59 Å². The zero-order valence-corrected chi connectivity index (χ0v) is 12.2. The van der Waals surface area contributed by atoms with Crippen LogP contribution in [0.1, 0.15) is 25.7 Å². The van der Waals surface area contributed by atoms with Crippen LogP contribution in [0.15, 0.2) is 41.5 Å². The van der Waals surface area contributed by atoms with Gasteiger partial charge in [-0.3, -0.25) is 14.6 Å². The molecule has 2 aromatic rings. The summed E-state index contributed by atoms with van der Waals surface area (Å²) >= 11 is 0. The van der Waals surface area contributed by atoms with Gasteiger partial charge in [-0.25, -0.2) is 4.68 Å². The molecular weight excluding hydrogens is 280 g/mol. The molecule has 0 unspecified atom stereocenters. The van der Waals surface area contributed by atoms with Crippen LogP contribution in [0.2, 0.25) is 0 Å². The second-order valence-corrected chi connectivity index (χ2v) is 5.47. The van der Waals surface area contributed by atoms with E-state index in [4.69, 9.17) is 0 Å². The number of aromatic nitrogens is 3. The van der Waals surface area contributed by atoms with Gasteiger partial charge >= 0.3 is 0 Å². The zero-order chi connectivity index (χ0) is 15.4. The van der Waals surface area contributed by atoms with E-state index in [1.165, 1.54) is 10.7 Å². The monoisotopic (exact) mass is 298 g/mol. The quantitative estimate of drug-likeness (QED) is 0.873. The molecular formula is C16H18N4O2. The molecule has 1 N–H and O–H groups in total. The molecule has 114 valence electrons. The fraction of sp³-hybridized carbons (Fsp3) is 0.375. The van der Waals surface area contributed by atoms with Gasteiger partial charge in [-0.1, -0.05) is 0 Å². The average molecular weight is 298 g/mol. The lowest BCUT2D eigenvalue weighted by Gasteiger charge is -2.07. The van der Waals surface area contributed by atoms with Gasteiger partial charge in [-0.05, 0) is 37.5 Å². The number of nitrogens with zero attached hydrogens (tertiary/aromatic N) is 3. The number of rotatable bonds is 6. The van der Waals surface area contributed by atoms with E-state index in [-0.39, 0.29) is 11.5 Å². The third-order valence-corrected chi connectivity index (χ3v) is 3.54. The molecule has 1 fully saturated rings. The van der Waals surface area contributed by atoms with Crippen molar-refractivity contribution in [3.63, 3.8) is 0 Å². The van der Waals surface area contributed by atoms with Gasteiger partial charge in [0.2, 0.25) is 5.91 Å². The molecule has 1 aliphatic rings. The highest BCUT2D eigenvalue weighted by Gasteiger charge is 2.22. The van der Waals surface area contributed by atoms with Crippen molar-refractivity contribution in [2.75, 3.05) is 0 Å². The highest BCUT2D eigenvalue weighted by molar-refractivity contribution is 5.76. The van der Waals surface area contributed by atoms with Crippen molar-refractivity contribution in [1.82, 2.24) is 20.1 Å². The number of carbonyl (C=O) groups is 1. The Labute approximate surface area is 128 Å². The number of hydrogen-bond donors (Lipinski definition) is 1. The first-order valence-corrected chi connectivity index (χ1v) is 7.50. The average Bonchev–Trinajstić information content (AvgIpc) is 3.34. The van der Waals surface area contributed by atoms with Crippen molar-refractivity contribution < 1.29 is 4.79 Å². The molecule has 3 rings (SSSR count). The van der Waals surface area contributed by atoms with Crippen LogP contribution in [-0.4, -0.2) is 26.7 Å². The van der Waals surface area contributed by atoms with Gasteiger partial charge in [0.05, 0.1) is 5.69 Å². The van der Waals surface area contributed by atoms with Gasteiger partial charge in [0.25, 0.3) is 5.56 Å². The van der Waals surface area contributed by atoms with Crippen LogP contribution in [-0.2, 0) is 11.3 Å².